The van der Waals surface area contributed by atoms with Gasteiger partial charge >= 0.3 is 6.09 Å². The van der Waals surface area contributed by atoms with E-state index in [2.05, 4.69) is 30.2 Å². The quantitative estimate of drug-likeness (QED) is 0.724. The molecular weight excluding hydrogens is 212 g/mol. The van der Waals surface area contributed by atoms with Crippen molar-refractivity contribution in [1.82, 2.24) is 9.33 Å². The molecule has 4 nitrogen and oxygen atoms in total. The van der Waals surface area contributed by atoms with Gasteiger partial charge in [-0.15, -0.1) is 0 Å². The van der Waals surface area contributed by atoms with Crippen LogP contribution in [0.25, 0.3) is 0 Å². The first-order chi connectivity index (χ1) is 5.33. The summed E-state index contributed by atoms with van der Waals surface area (Å²) in [6.45, 7) is 0. The molecule has 0 aliphatic rings. The topological polar surface area (TPSA) is 51.2 Å². The van der Waals surface area contributed by atoms with Crippen molar-refractivity contribution in [3.63, 3.8) is 0 Å². The number of amides is 1. The lowest BCUT2D eigenvalue weighted by Crippen LogP contribution is -2.17. The summed E-state index contributed by atoms with van der Waals surface area (Å²) in [5.41, 5.74) is 0. The minimum Gasteiger partial charge on any atom is -0.391 e. The van der Waals surface area contributed by atoms with E-state index in [-0.39, 0.29) is 5.88 Å². The van der Waals surface area contributed by atoms with Gasteiger partial charge in [0.2, 0.25) is 5.88 Å². The van der Waals surface area contributed by atoms with E-state index in [0.29, 0.717) is 0 Å². The first-order valence-corrected chi connectivity index (χ1v) is 3.61. The first kappa shape index (κ1) is 8.00. The van der Waals surface area contributed by atoms with Crippen LogP contribution in [0.3, 0.4) is 0 Å². The molecule has 0 atom stereocenters. The van der Waals surface area contributed by atoms with Gasteiger partial charge in [-0.25, -0.2) is 9.78 Å². The van der Waals surface area contributed by atoms with E-state index >= 15 is 0 Å². The summed E-state index contributed by atoms with van der Waals surface area (Å²) >= 11 is 2.72. The van der Waals surface area contributed by atoms with Crippen molar-refractivity contribution in [1.29, 1.82) is 0 Å². The number of aromatic nitrogens is 1. The molecule has 58 valence electrons. The highest BCUT2D eigenvalue weighted by Gasteiger charge is 2.00. The van der Waals surface area contributed by atoms with Crippen LogP contribution >= 0.6 is 16.1 Å². The number of halogens is 1. The Kier molecular flexibility index (Phi) is 2.85. The third-order valence-electron chi connectivity index (χ3n) is 0.912. The van der Waals surface area contributed by atoms with Crippen molar-refractivity contribution in [3.8, 4) is 5.88 Å². The average Bonchev–Trinajstić information content (AvgIpc) is 2.06. The molecule has 1 aromatic heterocycles. The van der Waals surface area contributed by atoms with Gasteiger partial charge in [0.05, 0.1) is 16.1 Å². The molecule has 0 aliphatic heterocycles. The molecule has 11 heavy (non-hydrogen) atoms. The third kappa shape index (κ3) is 2.55. The lowest BCUT2D eigenvalue weighted by molar-refractivity contribution is 0.206. The van der Waals surface area contributed by atoms with Crippen LogP contribution < -0.4 is 9.08 Å². The molecule has 0 spiro atoms. The second-order valence-electron chi connectivity index (χ2n) is 1.65. The fraction of sp³-hybridized carbons (Fsp3) is 0. The Labute approximate surface area is 71.9 Å². The monoisotopic (exact) mass is 216 g/mol. The maximum atomic E-state index is 10.6. The van der Waals surface area contributed by atoms with E-state index in [9.17, 15) is 4.79 Å². The van der Waals surface area contributed by atoms with Crippen LogP contribution in [0.15, 0.2) is 24.4 Å². The van der Waals surface area contributed by atoms with Crippen molar-refractivity contribution < 1.29 is 9.53 Å². The highest BCUT2D eigenvalue weighted by Crippen LogP contribution is 2.02. The maximum Gasteiger partial charge on any atom is 0.424 e. The zero-order valence-corrected chi connectivity index (χ0v) is 7.04. The lowest BCUT2D eigenvalue weighted by Gasteiger charge is -1.98. The third-order valence-corrected chi connectivity index (χ3v) is 1.24. The first-order valence-electron chi connectivity index (χ1n) is 2.82. The summed E-state index contributed by atoms with van der Waals surface area (Å²) in [6.07, 6.45) is 0.945. The number of ether oxygens (including phenoxy) is 1. The molecule has 1 rings (SSSR count). The molecule has 0 saturated carbocycles. The van der Waals surface area contributed by atoms with E-state index in [4.69, 9.17) is 0 Å². The molecule has 1 aromatic rings. The summed E-state index contributed by atoms with van der Waals surface area (Å²) in [6, 6.07) is 5.05. The molecule has 0 aromatic carbocycles. The van der Waals surface area contributed by atoms with Gasteiger partial charge < -0.3 is 4.74 Å². The molecule has 0 unspecified atom stereocenters. The van der Waals surface area contributed by atoms with E-state index in [1.807, 2.05) is 0 Å². The minimum absolute atomic E-state index is 0.268. The Bertz CT molecular complexity index is 240. The zero-order chi connectivity index (χ0) is 8.10. The largest absolute Gasteiger partial charge is 0.424 e. The van der Waals surface area contributed by atoms with Crippen LogP contribution in [-0.2, 0) is 0 Å². The Morgan fingerprint density at radius 1 is 1.64 bits per heavy atom. The number of hydrogen-bond acceptors (Lipinski definition) is 3. The highest BCUT2D eigenvalue weighted by atomic mass is 79.9. The van der Waals surface area contributed by atoms with Crippen molar-refractivity contribution in [3.05, 3.63) is 24.4 Å². The fourth-order valence-electron chi connectivity index (χ4n) is 0.522. The Morgan fingerprint density at radius 3 is 3.00 bits per heavy atom. The van der Waals surface area contributed by atoms with Crippen molar-refractivity contribution in [2.24, 2.45) is 0 Å². The van der Waals surface area contributed by atoms with E-state index in [0.717, 1.165) is 0 Å². The average molecular weight is 217 g/mol. The second-order valence-corrected chi connectivity index (χ2v) is 2.05. The van der Waals surface area contributed by atoms with Gasteiger partial charge in [-0.05, 0) is 6.07 Å². The van der Waals surface area contributed by atoms with E-state index < -0.39 is 6.09 Å². The fourth-order valence-corrected chi connectivity index (χ4v) is 0.603. The molecule has 5 heteroatoms. The SMILES string of the molecule is O=C(NBr)Oc1ccccn1. The minimum atomic E-state index is -0.594. The van der Waals surface area contributed by atoms with Gasteiger partial charge in [0, 0.05) is 12.3 Å². The summed E-state index contributed by atoms with van der Waals surface area (Å²) in [5, 5.41) is 0. The van der Waals surface area contributed by atoms with Crippen molar-refractivity contribution in [2.45, 2.75) is 0 Å². The standard InChI is InChI=1S/C6H5BrN2O2/c7-9-6(10)11-5-3-1-2-4-8-5/h1-4H,(H,9,10). The summed E-state index contributed by atoms with van der Waals surface area (Å²) in [4.78, 5) is 14.3. The van der Waals surface area contributed by atoms with E-state index in [1.165, 1.54) is 6.20 Å². The van der Waals surface area contributed by atoms with Gasteiger partial charge in [0.25, 0.3) is 0 Å². The number of nitrogens with one attached hydrogen (secondary N) is 1. The van der Waals surface area contributed by atoms with Crippen LogP contribution in [0.2, 0.25) is 0 Å². The molecule has 1 heterocycles. The predicted octanol–water partition coefficient (Wildman–Crippen LogP) is 1.48. The molecule has 0 fully saturated rings. The number of carbonyl (C=O) groups is 1. The molecule has 1 N–H and O–H groups in total. The number of carbonyl (C=O) groups excluding carboxylic acids is 1. The number of rotatable bonds is 1. The number of hydrogen-bond donors (Lipinski definition) is 1. The van der Waals surface area contributed by atoms with Crippen LogP contribution in [-0.4, -0.2) is 11.1 Å². The van der Waals surface area contributed by atoms with Gasteiger partial charge in [0.15, 0.2) is 0 Å². The van der Waals surface area contributed by atoms with Crippen molar-refractivity contribution >= 4 is 22.2 Å². The van der Waals surface area contributed by atoms with Gasteiger partial charge in [-0.3, -0.25) is 4.34 Å². The van der Waals surface area contributed by atoms with Crippen LogP contribution in [0.1, 0.15) is 0 Å². The highest BCUT2D eigenvalue weighted by molar-refractivity contribution is 9.08. The van der Waals surface area contributed by atoms with Gasteiger partial charge in [-0.1, -0.05) is 6.07 Å². The van der Waals surface area contributed by atoms with Crippen LogP contribution in [0.4, 0.5) is 4.79 Å². The normalized spacial score (nSPS) is 8.82. The van der Waals surface area contributed by atoms with Crippen LogP contribution in [0, 0.1) is 0 Å². The molecular formula is C6H5BrN2O2. The zero-order valence-electron chi connectivity index (χ0n) is 5.45. The van der Waals surface area contributed by atoms with Gasteiger partial charge in [0.1, 0.15) is 0 Å². The van der Waals surface area contributed by atoms with E-state index in [1.54, 1.807) is 18.2 Å². The molecule has 0 radical (unpaired) electrons. The Balaban J connectivity index is 2.58. The summed E-state index contributed by atoms with van der Waals surface area (Å²) in [5.74, 6) is 0.268. The smallest absolute Gasteiger partial charge is 0.391 e. The van der Waals surface area contributed by atoms with Crippen molar-refractivity contribution in [2.75, 3.05) is 0 Å². The Morgan fingerprint density at radius 2 is 2.45 bits per heavy atom. The maximum absolute atomic E-state index is 10.6. The van der Waals surface area contributed by atoms with Crippen LogP contribution in [0.5, 0.6) is 5.88 Å². The van der Waals surface area contributed by atoms with Gasteiger partial charge in [-0.2, -0.15) is 0 Å². The molecule has 0 aliphatic carbocycles. The predicted molar refractivity (Wildman–Crippen MR) is 42.3 cm³/mol. The lowest BCUT2D eigenvalue weighted by atomic mass is 10.5. The Hall–Kier alpha value is -1.10. The summed E-state index contributed by atoms with van der Waals surface area (Å²) in [7, 11) is 0. The molecule has 0 saturated heterocycles. The number of pyridine rings is 1. The number of nitrogens with zero attached hydrogens (tertiary/aromatic N) is 1. The summed E-state index contributed by atoms with van der Waals surface area (Å²) < 4.78 is 6.78. The molecule has 1 amide bonds. The molecule has 0 bridgehead atoms. The second kappa shape index (κ2) is 3.92.